The molecule has 3 rings (SSSR count). The molecular weight excluding hydrogens is 274 g/mol. The van der Waals surface area contributed by atoms with Crippen molar-refractivity contribution in [3.63, 3.8) is 0 Å². The zero-order chi connectivity index (χ0) is 14.1. The van der Waals surface area contributed by atoms with E-state index >= 15 is 0 Å². The first-order valence-electron chi connectivity index (χ1n) is 6.74. The summed E-state index contributed by atoms with van der Waals surface area (Å²) in [5.74, 6) is 0.395. The van der Waals surface area contributed by atoms with Crippen molar-refractivity contribution in [3.8, 4) is 0 Å². The number of nitrogens with one attached hydrogen (secondary N) is 1. The van der Waals surface area contributed by atoms with Crippen LogP contribution in [-0.2, 0) is 0 Å². The van der Waals surface area contributed by atoms with Gasteiger partial charge in [-0.1, -0.05) is 23.7 Å². The van der Waals surface area contributed by atoms with Gasteiger partial charge in [-0.2, -0.15) is 0 Å². The minimum absolute atomic E-state index is 0.0241. The average molecular weight is 290 g/mol. The van der Waals surface area contributed by atoms with Crippen LogP contribution in [0.2, 0.25) is 5.02 Å². The first-order chi connectivity index (χ1) is 9.65. The van der Waals surface area contributed by atoms with E-state index in [0.717, 1.165) is 18.4 Å². The van der Waals surface area contributed by atoms with E-state index in [1.807, 2.05) is 31.2 Å². The molecule has 5 heteroatoms. The van der Waals surface area contributed by atoms with Gasteiger partial charge in [0.05, 0.1) is 6.04 Å². The van der Waals surface area contributed by atoms with Crippen molar-refractivity contribution in [3.05, 3.63) is 57.6 Å². The Kier molecular flexibility index (Phi) is 3.49. The Hall–Kier alpha value is -1.81. The molecule has 1 heterocycles. The maximum atomic E-state index is 12.3. The second-order valence-electron chi connectivity index (χ2n) is 5.14. The van der Waals surface area contributed by atoms with E-state index in [1.54, 1.807) is 17.0 Å². The summed E-state index contributed by atoms with van der Waals surface area (Å²) >= 11 is 5.99. The van der Waals surface area contributed by atoms with Crippen molar-refractivity contribution < 1.29 is 0 Å². The lowest BCUT2D eigenvalue weighted by Crippen LogP contribution is -2.24. The van der Waals surface area contributed by atoms with Crippen molar-refractivity contribution in [1.29, 1.82) is 0 Å². The fourth-order valence-electron chi connectivity index (χ4n) is 2.23. The highest BCUT2D eigenvalue weighted by Gasteiger charge is 2.25. The van der Waals surface area contributed by atoms with Crippen LogP contribution < -0.4 is 10.9 Å². The molecule has 1 aliphatic rings. The van der Waals surface area contributed by atoms with Gasteiger partial charge < -0.3 is 9.88 Å². The van der Waals surface area contributed by atoms with E-state index < -0.39 is 0 Å². The lowest BCUT2D eigenvalue weighted by Gasteiger charge is -2.15. The Morgan fingerprint density at radius 1 is 1.45 bits per heavy atom. The van der Waals surface area contributed by atoms with Crippen LogP contribution in [0.5, 0.6) is 0 Å². The van der Waals surface area contributed by atoms with Crippen LogP contribution >= 0.6 is 11.6 Å². The molecule has 1 atom stereocenters. The van der Waals surface area contributed by atoms with Gasteiger partial charge in [0, 0.05) is 23.5 Å². The third kappa shape index (κ3) is 2.70. The molecule has 2 aromatic rings. The van der Waals surface area contributed by atoms with Crippen LogP contribution in [0.3, 0.4) is 0 Å². The molecule has 0 amide bonds. The molecule has 0 aliphatic heterocycles. The van der Waals surface area contributed by atoms with Gasteiger partial charge in [0.2, 0.25) is 0 Å². The molecule has 1 fully saturated rings. The Balaban J connectivity index is 1.84. The zero-order valence-electron chi connectivity index (χ0n) is 11.2. The van der Waals surface area contributed by atoms with E-state index in [1.165, 1.54) is 0 Å². The summed E-state index contributed by atoms with van der Waals surface area (Å²) in [4.78, 5) is 16.5. The molecule has 0 bridgehead atoms. The molecular formula is C15H16ClN3O. The van der Waals surface area contributed by atoms with Gasteiger partial charge in [0.25, 0.3) is 5.56 Å². The Labute approximate surface area is 122 Å². The molecule has 4 nitrogen and oxygen atoms in total. The van der Waals surface area contributed by atoms with Crippen molar-refractivity contribution in [2.75, 3.05) is 5.32 Å². The molecule has 20 heavy (non-hydrogen) atoms. The minimum Gasteiger partial charge on any atom is -0.359 e. The molecule has 1 saturated carbocycles. The molecule has 1 aromatic carbocycles. The normalized spacial score (nSPS) is 15.9. The molecule has 0 saturated heterocycles. The highest BCUT2D eigenvalue weighted by molar-refractivity contribution is 6.30. The smallest absolute Gasteiger partial charge is 0.293 e. The van der Waals surface area contributed by atoms with E-state index in [0.29, 0.717) is 16.9 Å². The van der Waals surface area contributed by atoms with E-state index in [9.17, 15) is 4.79 Å². The summed E-state index contributed by atoms with van der Waals surface area (Å²) < 4.78 is 1.76. The predicted octanol–water partition coefficient (Wildman–Crippen LogP) is 3.40. The third-order valence-corrected chi connectivity index (χ3v) is 3.75. The monoisotopic (exact) mass is 289 g/mol. The average Bonchev–Trinajstić information content (AvgIpc) is 3.25. The molecule has 1 aliphatic carbocycles. The molecule has 0 radical (unpaired) electrons. The summed E-state index contributed by atoms with van der Waals surface area (Å²) in [7, 11) is 0. The largest absolute Gasteiger partial charge is 0.359 e. The number of hydrogen-bond acceptors (Lipinski definition) is 3. The van der Waals surface area contributed by atoms with Crippen LogP contribution in [0.4, 0.5) is 5.82 Å². The summed E-state index contributed by atoms with van der Waals surface area (Å²) in [6, 6.07) is 7.93. The van der Waals surface area contributed by atoms with Gasteiger partial charge in [-0.3, -0.25) is 4.79 Å². The van der Waals surface area contributed by atoms with Crippen LogP contribution in [0.15, 0.2) is 41.5 Å². The van der Waals surface area contributed by atoms with Crippen LogP contribution in [-0.4, -0.2) is 9.55 Å². The Morgan fingerprint density at radius 2 is 2.25 bits per heavy atom. The number of benzene rings is 1. The van der Waals surface area contributed by atoms with E-state index in [-0.39, 0.29) is 11.6 Å². The molecule has 1 aromatic heterocycles. The number of aromatic nitrogens is 2. The number of hydrogen-bond donors (Lipinski definition) is 1. The molecule has 104 valence electrons. The highest BCUT2D eigenvalue weighted by atomic mass is 35.5. The van der Waals surface area contributed by atoms with Crippen molar-refractivity contribution >= 4 is 17.4 Å². The molecule has 1 N–H and O–H groups in total. The number of anilines is 1. The SMILES string of the molecule is CC(Nc1nccn(C2CC2)c1=O)c1cccc(Cl)c1. The lowest BCUT2D eigenvalue weighted by molar-refractivity contribution is 0.696. The van der Waals surface area contributed by atoms with Gasteiger partial charge in [-0.25, -0.2) is 4.98 Å². The van der Waals surface area contributed by atoms with Crippen LogP contribution in [0, 0.1) is 0 Å². The van der Waals surface area contributed by atoms with Gasteiger partial charge >= 0.3 is 0 Å². The maximum Gasteiger partial charge on any atom is 0.293 e. The maximum absolute atomic E-state index is 12.3. The summed E-state index contributed by atoms with van der Waals surface area (Å²) in [5, 5.41) is 3.86. The summed E-state index contributed by atoms with van der Waals surface area (Å²) in [6.45, 7) is 1.99. The van der Waals surface area contributed by atoms with Gasteiger partial charge in [-0.05, 0) is 37.5 Å². The lowest BCUT2D eigenvalue weighted by atomic mass is 10.1. The number of nitrogens with zero attached hydrogens (tertiary/aromatic N) is 2. The number of rotatable bonds is 4. The van der Waals surface area contributed by atoms with Crippen molar-refractivity contribution in [2.45, 2.75) is 31.8 Å². The molecule has 1 unspecified atom stereocenters. The standard InChI is InChI=1S/C15H16ClN3O/c1-10(11-3-2-4-12(16)9-11)18-14-15(20)19(8-7-17-14)13-5-6-13/h2-4,7-10,13H,5-6H2,1H3,(H,17,18). The Bertz CT molecular complexity index is 679. The summed E-state index contributed by atoms with van der Waals surface area (Å²) in [6.07, 6.45) is 5.59. The van der Waals surface area contributed by atoms with Crippen molar-refractivity contribution in [1.82, 2.24) is 9.55 Å². The zero-order valence-corrected chi connectivity index (χ0v) is 12.0. The number of halogens is 1. The van der Waals surface area contributed by atoms with Crippen molar-refractivity contribution in [2.24, 2.45) is 0 Å². The first-order valence-corrected chi connectivity index (χ1v) is 7.12. The third-order valence-electron chi connectivity index (χ3n) is 3.51. The van der Waals surface area contributed by atoms with E-state index in [4.69, 9.17) is 11.6 Å². The van der Waals surface area contributed by atoms with Gasteiger partial charge in [-0.15, -0.1) is 0 Å². The highest BCUT2D eigenvalue weighted by Crippen LogP contribution is 2.33. The van der Waals surface area contributed by atoms with Gasteiger partial charge in [0.1, 0.15) is 0 Å². The van der Waals surface area contributed by atoms with Gasteiger partial charge in [0.15, 0.2) is 5.82 Å². The quantitative estimate of drug-likeness (QED) is 0.938. The first kappa shape index (κ1) is 13.2. The second kappa shape index (κ2) is 5.29. The topological polar surface area (TPSA) is 46.9 Å². The predicted molar refractivity (Wildman–Crippen MR) is 80.3 cm³/mol. The second-order valence-corrected chi connectivity index (χ2v) is 5.58. The minimum atomic E-state index is -0.0520. The Morgan fingerprint density at radius 3 is 2.95 bits per heavy atom. The van der Waals surface area contributed by atoms with Crippen LogP contribution in [0.25, 0.3) is 0 Å². The fourth-order valence-corrected chi connectivity index (χ4v) is 2.43. The van der Waals surface area contributed by atoms with Crippen LogP contribution in [0.1, 0.15) is 37.4 Å². The van der Waals surface area contributed by atoms with E-state index in [2.05, 4.69) is 10.3 Å². The molecule has 0 spiro atoms. The summed E-state index contributed by atoms with van der Waals surface area (Å²) in [5.41, 5.74) is 0.976. The fraction of sp³-hybridized carbons (Fsp3) is 0.333.